The summed E-state index contributed by atoms with van der Waals surface area (Å²) >= 11 is 3.21. The summed E-state index contributed by atoms with van der Waals surface area (Å²) in [4.78, 5) is 0. The van der Waals surface area contributed by atoms with Gasteiger partial charge in [0.05, 0.1) is 16.7 Å². The Morgan fingerprint density at radius 2 is 2.16 bits per heavy atom. The van der Waals surface area contributed by atoms with E-state index in [1.807, 2.05) is 25.1 Å². The molecule has 1 N–H and O–H groups in total. The molecule has 0 aliphatic carbocycles. The van der Waals surface area contributed by atoms with Crippen LogP contribution in [0.4, 0.5) is 10.1 Å². The standard InChI is InChI=1S/C15H13BrFNO/c1-9-3-2-4-13-15(9)19-14(8-18-13)10-5-6-12(17)11(16)7-10/h2-7,14,18H,8H2,1H3. The van der Waals surface area contributed by atoms with Gasteiger partial charge in [0.2, 0.25) is 0 Å². The second-order valence-electron chi connectivity index (χ2n) is 4.61. The highest BCUT2D eigenvalue weighted by molar-refractivity contribution is 9.10. The van der Waals surface area contributed by atoms with Gasteiger partial charge in [-0.05, 0) is 52.2 Å². The van der Waals surface area contributed by atoms with Crippen molar-refractivity contribution < 1.29 is 9.13 Å². The molecule has 1 aliphatic rings. The van der Waals surface area contributed by atoms with E-state index in [-0.39, 0.29) is 11.9 Å². The van der Waals surface area contributed by atoms with Gasteiger partial charge in [0.25, 0.3) is 0 Å². The first kappa shape index (κ1) is 12.5. The van der Waals surface area contributed by atoms with Crippen LogP contribution in [0.25, 0.3) is 0 Å². The molecule has 0 spiro atoms. The normalized spacial score (nSPS) is 17.3. The summed E-state index contributed by atoms with van der Waals surface area (Å²) in [6.45, 7) is 2.69. The quantitative estimate of drug-likeness (QED) is 0.838. The number of nitrogens with one attached hydrogen (secondary N) is 1. The summed E-state index contributed by atoms with van der Waals surface area (Å²) in [5.74, 6) is 0.614. The molecule has 0 fully saturated rings. The van der Waals surface area contributed by atoms with Crippen molar-refractivity contribution in [2.75, 3.05) is 11.9 Å². The summed E-state index contributed by atoms with van der Waals surface area (Å²) in [7, 11) is 0. The minimum atomic E-state index is -0.260. The topological polar surface area (TPSA) is 21.3 Å². The van der Waals surface area contributed by atoms with Gasteiger partial charge >= 0.3 is 0 Å². The highest BCUT2D eigenvalue weighted by atomic mass is 79.9. The van der Waals surface area contributed by atoms with Crippen LogP contribution in [0.2, 0.25) is 0 Å². The predicted octanol–water partition coefficient (Wildman–Crippen LogP) is 4.44. The van der Waals surface area contributed by atoms with Crippen LogP contribution in [0.5, 0.6) is 5.75 Å². The molecule has 3 rings (SSSR count). The molecule has 0 saturated heterocycles. The number of aryl methyl sites for hydroxylation is 1. The number of benzene rings is 2. The maximum atomic E-state index is 13.3. The third-order valence-corrected chi connectivity index (χ3v) is 3.87. The van der Waals surface area contributed by atoms with E-state index >= 15 is 0 Å². The zero-order chi connectivity index (χ0) is 13.4. The Balaban J connectivity index is 1.93. The first-order valence-corrected chi connectivity index (χ1v) is 6.89. The van der Waals surface area contributed by atoms with E-state index in [4.69, 9.17) is 4.74 Å². The highest BCUT2D eigenvalue weighted by Crippen LogP contribution is 2.37. The maximum absolute atomic E-state index is 13.3. The number of rotatable bonds is 1. The fourth-order valence-corrected chi connectivity index (χ4v) is 2.63. The SMILES string of the molecule is Cc1cccc2c1OC(c1ccc(F)c(Br)c1)CN2. The molecule has 1 atom stereocenters. The molecule has 1 aliphatic heterocycles. The molecule has 0 bridgehead atoms. The smallest absolute Gasteiger partial charge is 0.146 e. The minimum Gasteiger partial charge on any atom is -0.481 e. The molecule has 19 heavy (non-hydrogen) atoms. The Kier molecular flexibility index (Phi) is 3.19. The van der Waals surface area contributed by atoms with E-state index in [2.05, 4.69) is 21.2 Å². The van der Waals surface area contributed by atoms with Crippen molar-refractivity contribution in [3.05, 3.63) is 57.8 Å². The van der Waals surface area contributed by atoms with E-state index < -0.39 is 0 Å². The number of hydrogen-bond acceptors (Lipinski definition) is 2. The lowest BCUT2D eigenvalue weighted by atomic mass is 10.1. The number of halogens is 2. The largest absolute Gasteiger partial charge is 0.481 e. The van der Waals surface area contributed by atoms with E-state index in [9.17, 15) is 4.39 Å². The Morgan fingerprint density at radius 3 is 2.95 bits per heavy atom. The van der Waals surface area contributed by atoms with E-state index in [0.29, 0.717) is 11.0 Å². The molecule has 1 unspecified atom stereocenters. The van der Waals surface area contributed by atoms with Crippen LogP contribution in [0, 0.1) is 12.7 Å². The van der Waals surface area contributed by atoms with Crippen LogP contribution in [0.15, 0.2) is 40.9 Å². The van der Waals surface area contributed by atoms with Gasteiger partial charge in [-0.2, -0.15) is 0 Å². The van der Waals surface area contributed by atoms with Crippen LogP contribution in [0.3, 0.4) is 0 Å². The van der Waals surface area contributed by atoms with Crippen molar-refractivity contribution in [3.8, 4) is 5.75 Å². The van der Waals surface area contributed by atoms with Gasteiger partial charge in [-0.25, -0.2) is 4.39 Å². The van der Waals surface area contributed by atoms with E-state index in [1.165, 1.54) is 6.07 Å². The summed E-state index contributed by atoms with van der Waals surface area (Å²) in [6.07, 6.45) is -0.106. The van der Waals surface area contributed by atoms with Gasteiger partial charge in [-0.3, -0.25) is 0 Å². The van der Waals surface area contributed by atoms with Gasteiger partial charge < -0.3 is 10.1 Å². The monoisotopic (exact) mass is 321 g/mol. The Morgan fingerprint density at radius 1 is 1.32 bits per heavy atom. The highest BCUT2D eigenvalue weighted by Gasteiger charge is 2.22. The molecule has 4 heteroatoms. The Hall–Kier alpha value is -1.55. The first-order valence-electron chi connectivity index (χ1n) is 6.10. The lowest BCUT2D eigenvalue weighted by Crippen LogP contribution is -2.24. The number of ether oxygens (including phenoxy) is 1. The average molecular weight is 322 g/mol. The van der Waals surface area contributed by atoms with Crippen molar-refractivity contribution in [1.29, 1.82) is 0 Å². The maximum Gasteiger partial charge on any atom is 0.146 e. The molecule has 2 nitrogen and oxygen atoms in total. The average Bonchev–Trinajstić information content (AvgIpc) is 2.42. The van der Waals surface area contributed by atoms with E-state index in [1.54, 1.807) is 12.1 Å². The molecule has 0 amide bonds. The Bertz CT molecular complexity index is 630. The van der Waals surface area contributed by atoms with Crippen LogP contribution in [-0.4, -0.2) is 6.54 Å². The van der Waals surface area contributed by atoms with Crippen molar-refractivity contribution in [1.82, 2.24) is 0 Å². The predicted molar refractivity (Wildman–Crippen MR) is 77.1 cm³/mol. The van der Waals surface area contributed by atoms with Crippen molar-refractivity contribution in [2.24, 2.45) is 0 Å². The van der Waals surface area contributed by atoms with Gasteiger partial charge in [0, 0.05) is 0 Å². The molecule has 1 heterocycles. The molecule has 0 radical (unpaired) electrons. The second kappa shape index (κ2) is 4.85. The molecular formula is C15H13BrFNO. The van der Waals surface area contributed by atoms with Gasteiger partial charge in [0.1, 0.15) is 17.7 Å². The number of fused-ring (bicyclic) bond motifs is 1. The summed E-state index contributed by atoms with van der Waals surface area (Å²) < 4.78 is 19.8. The number of hydrogen-bond donors (Lipinski definition) is 1. The molecule has 2 aromatic carbocycles. The fourth-order valence-electron chi connectivity index (χ4n) is 2.23. The summed E-state index contributed by atoms with van der Waals surface area (Å²) in [5.41, 5.74) is 3.06. The minimum absolute atomic E-state index is 0.106. The van der Waals surface area contributed by atoms with E-state index in [0.717, 1.165) is 22.6 Å². The lowest BCUT2D eigenvalue weighted by Gasteiger charge is -2.29. The molecule has 98 valence electrons. The van der Waals surface area contributed by atoms with Gasteiger partial charge in [-0.1, -0.05) is 18.2 Å². The molecular weight excluding hydrogens is 309 g/mol. The number of para-hydroxylation sites is 1. The zero-order valence-electron chi connectivity index (χ0n) is 10.4. The van der Waals surface area contributed by atoms with Crippen LogP contribution in [-0.2, 0) is 0 Å². The van der Waals surface area contributed by atoms with Gasteiger partial charge in [0.15, 0.2) is 0 Å². The summed E-state index contributed by atoms with van der Waals surface area (Å²) in [6, 6.07) is 11.0. The third-order valence-electron chi connectivity index (χ3n) is 3.27. The van der Waals surface area contributed by atoms with Crippen molar-refractivity contribution in [3.63, 3.8) is 0 Å². The van der Waals surface area contributed by atoms with Crippen LogP contribution in [0.1, 0.15) is 17.2 Å². The summed E-state index contributed by atoms with van der Waals surface area (Å²) in [5, 5.41) is 3.35. The zero-order valence-corrected chi connectivity index (χ0v) is 12.0. The van der Waals surface area contributed by atoms with Crippen molar-refractivity contribution >= 4 is 21.6 Å². The second-order valence-corrected chi connectivity index (χ2v) is 5.47. The van der Waals surface area contributed by atoms with Crippen molar-refractivity contribution in [2.45, 2.75) is 13.0 Å². The third kappa shape index (κ3) is 2.32. The fraction of sp³-hybridized carbons (Fsp3) is 0.200. The first-order chi connectivity index (χ1) is 9.15. The van der Waals surface area contributed by atoms with Crippen LogP contribution < -0.4 is 10.1 Å². The van der Waals surface area contributed by atoms with Crippen LogP contribution >= 0.6 is 15.9 Å². The molecule has 0 saturated carbocycles. The number of anilines is 1. The lowest BCUT2D eigenvalue weighted by molar-refractivity contribution is 0.209. The van der Waals surface area contributed by atoms with Gasteiger partial charge in [-0.15, -0.1) is 0 Å². The molecule has 0 aromatic heterocycles. The Labute approximate surface area is 119 Å². The molecule has 2 aromatic rings.